The van der Waals surface area contributed by atoms with Gasteiger partial charge in [0.1, 0.15) is 17.3 Å². The number of benzene rings is 2. The molecule has 0 bridgehead atoms. The molecule has 0 saturated carbocycles. The lowest BCUT2D eigenvalue weighted by atomic mass is 10.1. The largest absolute Gasteiger partial charge is 0.457 e. The zero-order valence-electron chi connectivity index (χ0n) is 12.6. The van der Waals surface area contributed by atoms with Crippen molar-refractivity contribution >= 4 is 0 Å². The summed E-state index contributed by atoms with van der Waals surface area (Å²) in [6, 6.07) is 17.2. The van der Waals surface area contributed by atoms with E-state index < -0.39 is 0 Å². The van der Waals surface area contributed by atoms with Gasteiger partial charge in [-0.25, -0.2) is 4.39 Å². The molecule has 110 valence electrons. The first kappa shape index (κ1) is 15.3. The maximum atomic E-state index is 13.8. The maximum absolute atomic E-state index is 13.8. The van der Waals surface area contributed by atoms with Gasteiger partial charge in [-0.1, -0.05) is 50.3 Å². The van der Waals surface area contributed by atoms with Crippen LogP contribution in [0.2, 0.25) is 0 Å². The second-order valence-corrected chi connectivity index (χ2v) is 5.52. The van der Waals surface area contributed by atoms with Gasteiger partial charge < -0.3 is 4.74 Å². The fourth-order valence-corrected chi connectivity index (χ4v) is 1.97. The van der Waals surface area contributed by atoms with Crippen molar-refractivity contribution in [3.05, 3.63) is 72.1 Å². The molecule has 0 saturated heterocycles. The average molecular weight is 284 g/mol. The van der Waals surface area contributed by atoms with Gasteiger partial charge in [0.2, 0.25) is 0 Å². The van der Waals surface area contributed by atoms with Crippen LogP contribution in [0.3, 0.4) is 0 Å². The monoisotopic (exact) mass is 284 g/mol. The summed E-state index contributed by atoms with van der Waals surface area (Å²) in [4.78, 5) is 0. The van der Waals surface area contributed by atoms with Gasteiger partial charge in [0.05, 0.1) is 0 Å². The third-order valence-corrected chi connectivity index (χ3v) is 3.06. The van der Waals surface area contributed by atoms with E-state index in [1.165, 1.54) is 0 Å². The van der Waals surface area contributed by atoms with E-state index in [0.29, 0.717) is 12.3 Å². The Morgan fingerprint density at radius 2 is 1.76 bits per heavy atom. The minimum absolute atomic E-state index is 0.0828. The van der Waals surface area contributed by atoms with E-state index in [1.54, 1.807) is 6.08 Å². The Bertz CT molecular complexity index is 588. The lowest BCUT2D eigenvalue weighted by Gasteiger charge is -2.07. The van der Waals surface area contributed by atoms with Crippen LogP contribution in [-0.2, 0) is 6.42 Å². The van der Waals surface area contributed by atoms with Crippen molar-refractivity contribution < 1.29 is 9.13 Å². The molecule has 21 heavy (non-hydrogen) atoms. The molecular formula is C19H21FO. The Morgan fingerprint density at radius 1 is 1.05 bits per heavy atom. The molecule has 2 aromatic carbocycles. The third kappa shape index (κ3) is 5.42. The minimum Gasteiger partial charge on any atom is -0.457 e. The number of hydrogen-bond acceptors (Lipinski definition) is 1. The molecule has 0 aromatic heterocycles. The summed E-state index contributed by atoms with van der Waals surface area (Å²) in [5.74, 6) is 1.91. The zero-order valence-corrected chi connectivity index (χ0v) is 12.6. The minimum atomic E-state index is -0.0828. The van der Waals surface area contributed by atoms with Crippen molar-refractivity contribution in [2.75, 3.05) is 0 Å². The molecule has 2 aromatic rings. The Labute approximate surface area is 126 Å². The van der Waals surface area contributed by atoms with E-state index in [4.69, 9.17) is 4.74 Å². The Balaban J connectivity index is 2.02. The molecule has 0 atom stereocenters. The van der Waals surface area contributed by atoms with Gasteiger partial charge in [0.15, 0.2) is 0 Å². The smallest absolute Gasteiger partial charge is 0.127 e. The quantitative estimate of drug-likeness (QED) is 0.639. The van der Waals surface area contributed by atoms with Crippen molar-refractivity contribution in [2.24, 2.45) is 5.92 Å². The second-order valence-electron chi connectivity index (χ2n) is 5.52. The van der Waals surface area contributed by atoms with Crippen LogP contribution < -0.4 is 4.74 Å². The van der Waals surface area contributed by atoms with Crippen molar-refractivity contribution in [2.45, 2.75) is 26.7 Å². The van der Waals surface area contributed by atoms with Crippen LogP contribution in [0.5, 0.6) is 11.5 Å². The van der Waals surface area contributed by atoms with E-state index in [2.05, 4.69) is 13.8 Å². The van der Waals surface area contributed by atoms with Crippen LogP contribution in [-0.4, -0.2) is 0 Å². The third-order valence-electron chi connectivity index (χ3n) is 3.06. The molecule has 0 fully saturated rings. The van der Waals surface area contributed by atoms with Gasteiger partial charge >= 0.3 is 0 Å². The van der Waals surface area contributed by atoms with Crippen LogP contribution in [0.1, 0.15) is 25.8 Å². The van der Waals surface area contributed by atoms with Gasteiger partial charge in [-0.05, 0) is 42.2 Å². The summed E-state index contributed by atoms with van der Waals surface area (Å²) < 4.78 is 19.6. The molecule has 0 radical (unpaired) electrons. The molecule has 0 aliphatic heterocycles. The van der Waals surface area contributed by atoms with Crippen LogP contribution in [0.25, 0.3) is 0 Å². The lowest BCUT2D eigenvalue weighted by molar-refractivity contribution is 0.481. The summed E-state index contributed by atoms with van der Waals surface area (Å²) in [5.41, 5.74) is 0.918. The molecule has 0 heterocycles. The van der Waals surface area contributed by atoms with Crippen LogP contribution in [0, 0.1) is 5.92 Å². The second kappa shape index (κ2) is 7.63. The fourth-order valence-electron chi connectivity index (χ4n) is 1.97. The van der Waals surface area contributed by atoms with Gasteiger partial charge in [-0.3, -0.25) is 0 Å². The first-order valence-electron chi connectivity index (χ1n) is 7.30. The van der Waals surface area contributed by atoms with Crippen molar-refractivity contribution in [1.82, 2.24) is 0 Å². The average Bonchev–Trinajstić information content (AvgIpc) is 2.46. The highest BCUT2D eigenvalue weighted by atomic mass is 19.1. The molecule has 1 nitrogen and oxygen atoms in total. The van der Waals surface area contributed by atoms with Crippen molar-refractivity contribution in [3.63, 3.8) is 0 Å². The van der Waals surface area contributed by atoms with Crippen molar-refractivity contribution in [1.29, 1.82) is 0 Å². The van der Waals surface area contributed by atoms with E-state index >= 15 is 0 Å². The molecule has 0 aliphatic carbocycles. The molecule has 0 aliphatic rings. The number of allylic oxidation sites excluding steroid dienone is 2. The van der Waals surface area contributed by atoms with Crippen LogP contribution in [0.4, 0.5) is 4.39 Å². The molecule has 2 heteroatoms. The Kier molecular flexibility index (Phi) is 5.56. The standard InChI is InChI=1S/C19H21FO/c1-15(2)11-12-17(20)13-16-7-6-10-19(14-16)21-18-8-4-3-5-9-18/h3-10,12,14-15H,11,13H2,1-2H3. The highest BCUT2D eigenvalue weighted by Gasteiger charge is 2.02. The van der Waals surface area contributed by atoms with Crippen LogP contribution >= 0.6 is 0 Å². The Morgan fingerprint density at radius 3 is 2.48 bits per heavy atom. The predicted molar refractivity (Wildman–Crippen MR) is 85.3 cm³/mol. The van der Waals surface area contributed by atoms with E-state index in [-0.39, 0.29) is 5.83 Å². The summed E-state index contributed by atoms with van der Waals surface area (Å²) in [6.45, 7) is 4.16. The first-order valence-corrected chi connectivity index (χ1v) is 7.30. The first-order chi connectivity index (χ1) is 10.1. The van der Waals surface area contributed by atoms with Gasteiger partial charge in [-0.2, -0.15) is 0 Å². The molecular weight excluding hydrogens is 263 g/mol. The fraction of sp³-hybridized carbons (Fsp3) is 0.263. The number of halogens is 1. The lowest BCUT2D eigenvalue weighted by Crippen LogP contribution is -1.90. The van der Waals surface area contributed by atoms with E-state index in [0.717, 1.165) is 23.5 Å². The number of para-hydroxylation sites is 1. The highest BCUT2D eigenvalue weighted by molar-refractivity contribution is 5.34. The number of rotatable bonds is 6. The molecule has 0 amide bonds. The van der Waals surface area contributed by atoms with E-state index in [9.17, 15) is 4.39 Å². The normalized spacial score (nSPS) is 11.7. The zero-order chi connectivity index (χ0) is 15.1. The maximum Gasteiger partial charge on any atom is 0.127 e. The van der Waals surface area contributed by atoms with Gasteiger partial charge in [-0.15, -0.1) is 0 Å². The molecule has 2 rings (SSSR count). The van der Waals surface area contributed by atoms with Gasteiger partial charge in [0, 0.05) is 6.42 Å². The molecule has 0 N–H and O–H groups in total. The molecule has 0 spiro atoms. The van der Waals surface area contributed by atoms with Gasteiger partial charge in [0.25, 0.3) is 0 Å². The summed E-state index contributed by atoms with van der Waals surface area (Å²) in [5, 5.41) is 0. The summed E-state index contributed by atoms with van der Waals surface area (Å²) >= 11 is 0. The molecule has 0 unspecified atom stereocenters. The Hall–Kier alpha value is -2.09. The predicted octanol–water partition coefficient (Wildman–Crippen LogP) is 5.92. The SMILES string of the molecule is CC(C)CC=C(F)Cc1cccc(Oc2ccccc2)c1. The highest BCUT2D eigenvalue weighted by Crippen LogP contribution is 2.23. The van der Waals surface area contributed by atoms with Crippen LogP contribution in [0.15, 0.2) is 66.5 Å². The summed E-state index contributed by atoms with van der Waals surface area (Å²) in [7, 11) is 0. The number of ether oxygens (including phenoxy) is 1. The van der Waals surface area contributed by atoms with Crippen molar-refractivity contribution in [3.8, 4) is 11.5 Å². The summed E-state index contributed by atoms with van der Waals surface area (Å²) in [6.07, 6.45) is 2.76. The number of hydrogen-bond donors (Lipinski definition) is 0. The topological polar surface area (TPSA) is 9.23 Å². The van der Waals surface area contributed by atoms with E-state index in [1.807, 2.05) is 54.6 Å².